The minimum atomic E-state index is -4.22. The van der Waals surface area contributed by atoms with Crippen molar-refractivity contribution >= 4 is 17.4 Å². The van der Waals surface area contributed by atoms with E-state index in [1.165, 1.54) is 31.5 Å². The van der Waals surface area contributed by atoms with Gasteiger partial charge in [-0.15, -0.1) is 0 Å². The summed E-state index contributed by atoms with van der Waals surface area (Å²) in [7, 11) is 0. The van der Waals surface area contributed by atoms with Crippen LogP contribution in [0, 0.1) is 0 Å². The maximum atomic E-state index is 12.3. The zero-order valence-corrected chi connectivity index (χ0v) is 12.5. The smallest absolute Gasteiger partial charge is 0.382 e. The van der Waals surface area contributed by atoms with Crippen LogP contribution in [-0.2, 0) is 0 Å². The Morgan fingerprint density at radius 3 is 2.57 bits per heavy atom. The maximum absolute atomic E-state index is 12.3. The predicted molar refractivity (Wildman–Crippen MR) is 79.6 cm³/mol. The molecule has 3 rings (SSSR count). The predicted octanol–water partition coefficient (Wildman–Crippen LogP) is 4.34. The van der Waals surface area contributed by atoms with Crippen molar-refractivity contribution in [3.05, 3.63) is 24.3 Å². The second kappa shape index (κ2) is 6.08. The summed E-state index contributed by atoms with van der Waals surface area (Å²) in [5.41, 5.74) is -3.30. The van der Waals surface area contributed by atoms with E-state index in [-0.39, 0.29) is 16.7 Å². The summed E-state index contributed by atoms with van der Waals surface area (Å²) in [6.07, 6.45) is 4.81. The van der Waals surface area contributed by atoms with Crippen LogP contribution in [0.25, 0.3) is 0 Å². The highest BCUT2D eigenvalue weighted by atomic mass is 32.2. The molecule has 0 amide bonds. The SMILES string of the molecule is FC(F)(F)Sc1ccc(NC2CCN3CCCC3C2)cc1. The number of hydrogen-bond acceptors (Lipinski definition) is 3. The van der Waals surface area contributed by atoms with Crippen LogP contribution in [0.2, 0.25) is 0 Å². The molecule has 2 heterocycles. The first-order chi connectivity index (χ1) is 9.99. The molecule has 0 bridgehead atoms. The summed E-state index contributed by atoms with van der Waals surface area (Å²) in [5, 5.41) is 3.47. The molecular weight excluding hydrogens is 297 g/mol. The van der Waals surface area contributed by atoms with Crippen molar-refractivity contribution in [2.45, 2.75) is 48.2 Å². The normalized spacial score (nSPS) is 26.6. The van der Waals surface area contributed by atoms with Gasteiger partial charge in [0.25, 0.3) is 0 Å². The summed E-state index contributed by atoms with van der Waals surface area (Å²) in [4.78, 5) is 2.79. The van der Waals surface area contributed by atoms with Crippen LogP contribution in [0.1, 0.15) is 25.7 Å². The van der Waals surface area contributed by atoms with Gasteiger partial charge in [-0.25, -0.2) is 0 Å². The molecule has 1 N–H and O–H groups in total. The van der Waals surface area contributed by atoms with Crippen LogP contribution in [0.15, 0.2) is 29.2 Å². The molecule has 0 aliphatic carbocycles. The highest BCUT2D eigenvalue weighted by Gasteiger charge is 2.31. The Balaban J connectivity index is 1.55. The van der Waals surface area contributed by atoms with E-state index < -0.39 is 5.51 Å². The molecule has 2 saturated heterocycles. The Kier molecular flexibility index (Phi) is 4.36. The zero-order chi connectivity index (χ0) is 14.9. The third kappa shape index (κ3) is 4.07. The van der Waals surface area contributed by atoms with Gasteiger partial charge < -0.3 is 10.2 Å². The molecule has 2 atom stereocenters. The highest BCUT2D eigenvalue weighted by molar-refractivity contribution is 8.00. The Morgan fingerprint density at radius 2 is 1.86 bits per heavy atom. The molecule has 2 aliphatic rings. The quantitative estimate of drug-likeness (QED) is 0.835. The molecular formula is C15H19F3N2S. The van der Waals surface area contributed by atoms with Gasteiger partial charge in [-0.2, -0.15) is 13.2 Å². The number of fused-ring (bicyclic) bond motifs is 1. The molecule has 1 aromatic rings. The van der Waals surface area contributed by atoms with E-state index in [9.17, 15) is 13.2 Å². The van der Waals surface area contributed by atoms with Gasteiger partial charge in [0.2, 0.25) is 0 Å². The first kappa shape index (κ1) is 15.0. The molecule has 0 aromatic heterocycles. The summed E-state index contributed by atoms with van der Waals surface area (Å²) >= 11 is -0.0664. The van der Waals surface area contributed by atoms with Crippen LogP contribution in [-0.4, -0.2) is 35.6 Å². The third-order valence-corrected chi connectivity index (χ3v) is 5.02. The lowest BCUT2D eigenvalue weighted by atomic mass is 9.97. The van der Waals surface area contributed by atoms with Gasteiger partial charge >= 0.3 is 5.51 Å². The second-order valence-electron chi connectivity index (χ2n) is 5.77. The average Bonchev–Trinajstić information content (AvgIpc) is 2.87. The van der Waals surface area contributed by atoms with Gasteiger partial charge in [0.1, 0.15) is 0 Å². The number of alkyl halides is 3. The van der Waals surface area contributed by atoms with Gasteiger partial charge in [0.05, 0.1) is 0 Å². The van der Waals surface area contributed by atoms with Crippen LogP contribution >= 0.6 is 11.8 Å². The monoisotopic (exact) mass is 316 g/mol. The number of thioether (sulfide) groups is 1. The fourth-order valence-corrected chi connectivity index (χ4v) is 3.88. The highest BCUT2D eigenvalue weighted by Crippen LogP contribution is 2.37. The van der Waals surface area contributed by atoms with Gasteiger partial charge in [0.15, 0.2) is 0 Å². The molecule has 0 radical (unpaired) electrons. The van der Waals surface area contributed by atoms with E-state index in [1.54, 1.807) is 12.1 Å². The molecule has 2 aliphatic heterocycles. The minimum absolute atomic E-state index is 0.0664. The maximum Gasteiger partial charge on any atom is 0.446 e. The third-order valence-electron chi connectivity index (χ3n) is 4.28. The van der Waals surface area contributed by atoms with E-state index in [0.29, 0.717) is 12.1 Å². The minimum Gasteiger partial charge on any atom is -0.382 e. The molecule has 0 saturated carbocycles. The number of hydrogen-bond donors (Lipinski definition) is 1. The number of rotatable bonds is 3. The van der Waals surface area contributed by atoms with Crippen LogP contribution < -0.4 is 5.32 Å². The molecule has 0 spiro atoms. The molecule has 2 nitrogen and oxygen atoms in total. The standard InChI is InChI=1S/C15H19F3N2S/c16-15(17,18)21-14-5-3-11(4-6-14)19-12-7-9-20-8-1-2-13(20)10-12/h3-6,12-13,19H,1-2,7-10H2. The Bertz CT molecular complexity index is 475. The largest absolute Gasteiger partial charge is 0.446 e. The lowest BCUT2D eigenvalue weighted by molar-refractivity contribution is -0.0328. The first-order valence-corrected chi connectivity index (χ1v) is 8.18. The van der Waals surface area contributed by atoms with Crippen molar-refractivity contribution in [3.8, 4) is 0 Å². The summed E-state index contributed by atoms with van der Waals surface area (Å²) < 4.78 is 36.8. The summed E-state index contributed by atoms with van der Waals surface area (Å²) in [6, 6.07) is 7.68. The van der Waals surface area contributed by atoms with Crippen molar-refractivity contribution < 1.29 is 13.2 Å². The number of piperidine rings is 1. The van der Waals surface area contributed by atoms with Crippen LogP contribution in [0.4, 0.5) is 18.9 Å². The lowest BCUT2D eigenvalue weighted by Crippen LogP contribution is -2.42. The number of nitrogens with zero attached hydrogens (tertiary/aromatic N) is 1. The van der Waals surface area contributed by atoms with E-state index in [0.717, 1.165) is 25.1 Å². The molecule has 116 valence electrons. The first-order valence-electron chi connectivity index (χ1n) is 7.36. The fourth-order valence-electron chi connectivity index (χ4n) is 3.34. The van der Waals surface area contributed by atoms with Gasteiger partial charge in [0, 0.05) is 29.2 Å². The van der Waals surface area contributed by atoms with E-state index in [1.807, 2.05) is 0 Å². The van der Waals surface area contributed by atoms with Crippen LogP contribution in [0.3, 0.4) is 0 Å². The number of halogens is 3. The van der Waals surface area contributed by atoms with Crippen molar-refractivity contribution in [2.24, 2.45) is 0 Å². The Labute approximate surface area is 127 Å². The van der Waals surface area contributed by atoms with Crippen molar-refractivity contribution in [3.63, 3.8) is 0 Å². The van der Waals surface area contributed by atoms with Crippen LogP contribution in [0.5, 0.6) is 0 Å². The van der Waals surface area contributed by atoms with Crippen molar-refractivity contribution in [2.75, 3.05) is 18.4 Å². The number of benzene rings is 1. The summed E-state index contributed by atoms with van der Waals surface area (Å²) in [6.45, 7) is 2.35. The van der Waals surface area contributed by atoms with Gasteiger partial charge in [-0.1, -0.05) is 0 Å². The molecule has 21 heavy (non-hydrogen) atoms. The summed E-state index contributed by atoms with van der Waals surface area (Å²) in [5.74, 6) is 0. The van der Waals surface area contributed by atoms with E-state index in [2.05, 4.69) is 10.2 Å². The lowest BCUT2D eigenvalue weighted by Gasteiger charge is -2.35. The van der Waals surface area contributed by atoms with Crippen molar-refractivity contribution in [1.29, 1.82) is 0 Å². The van der Waals surface area contributed by atoms with Crippen molar-refractivity contribution in [1.82, 2.24) is 4.90 Å². The molecule has 6 heteroatoms. The van der Waals surface area contributed by atoms with E-state index >= 15 is 0 Å². The van der Waals surface area contributed by atoms with Gasteiger partial charge in [-0.3, -0.25) is 0 Å². The average molecular weight is 316 g/mol. The molecule has 2 unspecified atom stereocenters. The Morgan fingerprint density at radius 1 is 1.10 bits per heavy atom. The molecule has 1 aromatic carbocycles. The topological polar surface area (TPSA) is 15.3 Å². The molecule has 2 fully saturated rings. The Hall–Kier alpha value is -0.880. The van der Waals surface area contributed by atoms with E-state index in [4.69, 9.17) is 0 Å². The number of anilines is 1. The zero-order valence-electron chi connectivity index (χ0n) is 11.7. The fraction of sp³-hybridized carbons (Fsp3) is 0.600. The van der Waals surface area contributed by atoms with Gasteiger partial charge in [-0.05, 0) is 68.3 Å². The number of nitrogens with one attached hydrogen (secondary N) is 1. The second-order valence-corrected chi connectivity index (χ2v) is 6.91.